The normalized spacial score (nSPS) is 45.1. The predicted octanol–water partition coefficient (Wildman–Crippen LogP) is 1.49. The van der Waals surface area contributed by atoms with Crippen LogP contribution in [0.4, 0.5) is 0 Å². The Labute approximate surface area is 92.7 Å². The van der Waals surface area contributed by atoms with Gasteiger partial charge in [-0.05, 0) is 37.5 Å². The van der Waals surface area contributed by atoms with Crippen LogP contribution in [0.3, 0.4) is 0 Å². The van der Waals surface area contributed by atoms with Gasteiger partial charge in [-0.1, -0.05) is 12.2 Å². The first kappa shape index (κ1) is 9.86. The monoisotopic (exact) mass is 206 g/mol. The van der Waals surface area contributed by atoms with Crippen molar-refractivity contribution >= 4 is 0 Å². The SMILES string of the molecule is C[C@H]1CN(CC2CC3C=CC2C3)CCN1. The molecule has 84 valence electrons. The number of nitrogens with zero attached hydrogens (tertiary/aromatic N) is 1. The maximum absolute atomic E-state index is 3.52. The van der Waals surface area contributed by atoms with Gasteiger partial charge in [0.05, 0.1) is 0 Å². The van der Waals surface area contributed by atoms with Crippen molar-refractivity contribution in [3.63, 3.8) is 0 Å². The number of allylic oxidation sites excluding steroid dienone is 2. The fraction of sp³-hybridized carbons (Fsp3) is 0.846. The molecule has 3 unspecified atom stereocenters. The zero-order valence-electron chi connectivity index (χ0n) is 9.65. The van der Waals surface area contributed by atoms with Crippen LogP contribution in [0.15, 0.2) is 12.2 Å². The van der Waals surface area contributed by atoms with Crippen LogP contribution >= 0.6 is 0 Å². The van der Waals surface area contributed by atoms with Crippen LogP contribution in [0, 0.1) is 17.8 Å². The number of piperazine rings is 1. The molecule has 2 nitrogen and oxygen atoms in total. The molecule has 0 aromatic heterocycles. The number of rotatable bonds is 2. The van der Waals surface area contributed by atoms with Gasteiger partial charge in [0.25, 0.3) is 0 Å². The van der Waals surface area contributed by atoms with E-state index in [4.69, 9.17) is 0 Å². The molecule has 3 rings (SSSR count). The van der Waals surface area contributed by atoms with Gasteiger partial charge >= 0.3 is 0 Å². The third-order valence-electron chi connectivity index (χ3n) is 4.36. The van der Waals surface area contributed by atoms with Crippen molar-refractivity contribution in [1.29, 1.82) is 0 Å². The van der Waals surface area contributed by atoms with Gasteiger partial charge in [-0.2, -0.15) is 0 Å². The summed E-state index contributed by atoms with van der Waals surface area (Å²) >= 11 is 0. The summed E-state index contributed by atoms with van der Waals surface area (Å²) in [6, 6.07) is 0.688. The molecule has 1 N–H and O–H groups in total. The van der Waals surface area contributed by atoms with Crippen LogP contribution in [0.1, 0.15) is 19.8 Å². The number of hydrogen-bond donors (Lipinski definition) is 1. The van der Waals surface area contributed by atoms with Crippen molar-refractivity contribution in [3.05, 3.63) is 12.2 Å². The zero-order valence-corrected chi connectivity index (χ0v) is 9.65. The van der Waals surface area contributed by atoms with Crippen molar-refractivity contribution in [2.45, 2.75) is 25.8 Å². The smallest absolute Gasteiger partial charge is 0.0167 e. The van der Waals surface area contributed by atoms with E-state index in [1.54, 1.807) is 0 Å². The molecule has 0 spiro atoms. The van der Waals surface area contributed by atoms with Crippen molar-refractivity contribution in [2.24, 2.45) is 17.8 Å². The van der Waals surface area contributed by atoms with Gasteiger partial charge in [0.15, 0.2) is 0 Å². The Bertz CT molecular complexity index is 261. The molecule has 0 aromatic rings. The molecule has 2 bridgehead atoms. The lowest BCUT2D eigenvalue weighted by Gasteiger charge is -2.34. The third kappa shape index (κ3) is 1.98. The molecule has 0 radical (unpaired) electrons. The lowest BCUT2D eigenvalue weighted by atomic mass is 9.93. The van der Waals surface area contributed by atoms with Crippen LogP contribution < -0.4 is 5.32 Å². The molecule has 1 aliphatic heterocycles. The summed E-state index contributed by atoms with van der Waals surface area (Å²) in [7, 11) is 0. The maximum atomic E-state index is 3.52. The fourth-order valence-electron chi connectivity index (χ4n) is 3.61. The first-order chi connectivity index (χ1) is 7.31. The first-order valence-electron chi connectivity index (χ1n) is 6.45. The average molecular weight is 206 g/mol. The highest BCUT2D eigenvalue weighted by molar-refractivity contribution is 5.10. The van der Waals surface area contributed by atoms with E-state index in [2.05, 4.69) is 29.3 Å². The van der Waals surface area contributed by atoms with Crippen molar-refractivity contribution in [2.75, 3.05) is 26.2 Å². The highest BCUT2D eigenvalue weighted by atomic mass is 15.2. The molecule has 2 aliphatic carbocycles. The molecule has 1 saturated carbocycles. The van der Waals surface area contributed by atoms with Crippen LogP contribution in [0.2, 0.25) is 0 Å². The molecule has 1 heterocycles. The Hall–Kier alpha value is -0.340. The molecular formula is C13H22N2. The van der Waals surface area contributed by atoms with Crippen molar-refractivity contribution in [3.8, 4) is 0 Å². The molecule has 1 saturated heterocycles. The average Bonchev–Trinajstić information content (AvgIpc) is 2.79. The van der Waals surface area contributed by atoms with Crippen LogP contribution in [0.5, 0.6) is 0 Å². The summed E-state index contributed by atoms with van der Waals surface area (Å²) in [4.78, 5) is 2.67. The van der Waals surface area contributed by atoms with Crippen LogP contribution in [0.25, 0.3) is 0 Å². The molecule has 0 amide bonds. The summed E-state index contributed by atoms with van der Waals surface area (Å²) < 4.78 is 0. The summed E-state index contributed by atoms with van der Waals surface area (Å²) in [6.45, 7) is 7.32. The van der Waals surface area contributed by atoms with Gasteiger partial charge < -0.3 is 10.2 Å². The van der Waals surface area contributed by atoms with Crippen molar-refractivity contribution < 1.29 is 0 Å². The Morgan fingerprint density at radius 3 is 2.93 bits per heavy atom. The topological polar surface area (TPSA) is 15.3 Å². The second-order valence-corrected chi connectivity index (χ2v) is 5.66. The quantitative estimate of drug-likeness (QED) is 0.689. The van der Waals surface area contributed by atoms with E-state index < -0.39 is 0 Å². The van der Waals surface area contributed by atoms with Crippen molar-refractivity contribution in [1.82, 2.24) is 10.2 Å². The summed E-state index contributed by atoms with van der Waals surface area (Å²) in [5, 5.41) is 3.52. The van der Waals surface area contributed by atoms with Gasteiger partial charge in [-0.3, -0.25) is 0 Å². The second kappa shape index (κ2) is 3.91. The number of nitrogens with one attached hydrogen (secondary N) is 1. The standard InChI is InChI=1S/C13H22N2/c1-10-8-15(5-4-14-10)9-13-7-11-2-3-12(13)6-11/h2-3,10-14H,4-9H2,1H3/t10-,11?,12?,13?/m0/s1. The van der Waals surface area contributed by atoms with E-state index in [9.17, 15) is 0 Å². The molecule has 0 aromatic carbocycles. The third-order valence-corrected chi connectivity index (χ3v) is 4.36. The van der Waals surface area contributed by atoms with E-state index >= 15 is 0 Å². The number of hydrogen-bond acceptors (Lipinski definition) is 2. The summed E-state index contributed by atoms with van der Waals surface area (Å²) in [5.41, 5.74) is 0. The molecule has 3 aliphatic rings. The van der Waals surface area contributed by atoms with Gasteiger partial charge in [0.2, 0.25) is 0 Å². The molecule has 15 heavy (non-hydrogen) atoms. The predicted molar refractivity (Wildman–Crippen MR) is 62.7 cm³/mol. The summed E-state index contributed by atoms with van der Waals surface area (Å²) in [5.74, 6) is 2.81. The second-order valence-electron chi connectivity index (χ2n) is 5.66. The Morgan fingerprint density at radius 1 is 1.33 bits per heavy atom. The lowest BCUT2D eigenvalue weighted by Crippen LogP contribution is -2.50. The Balaban J connectivity index is 1.55. The Morgan fingerprint density at radius 2 is 2.27 bits per heavy atom. The molecule has 2 heteroatoms. The summed E-state index contributed by atoms with van der Waals surface area (Å²) in [6.07, 6.45) is 7.83. The first-order valence-corrected chi connectivity index (χ1v) is 6.45. The van der Waals surface area contributed by atoms with Crippen LogP contribution in [-0.2, 0) is 0 Å². The largest absolute Gasteiger partial charge is 0.312 e. The minimum absolute atomic E-state index is 0.688. The van der Waals surface area contributed by atoms with E-state index in [0.717, 1.165) is 17.8 Å². The fourth-order valence-corrected chi connectivity index (χ4v) is 3.61. The molecular weight excluding hydrogens is 184 g/mol. The van der Waals surface area contributed by atoms with E-state index in [0.29, 0.717) is 6.04 Å². The van der Waals surface area contributed by atoms with Gasteiger partial charge in [-0.25, -0.2) is 0 Å². The van der Waals surface area contributed by atoms with Crippen LogP contribution in [-0.4, -0.2) is 37.1 Å². The molecule has 4 atom stereocenters. The minimum atomic E-state index is 0.688. The van der Waals surface area contributed by atoms with Gasteiger partial charge in [0, 0.05) is 32.2 Å². The maximum Gasteiger partial charge on any atom is 0.0167 e. The van der Waals surface area contributed by atoms with E-state index in [-0.39, 0.29) is 0 Å². The number of fused-ring (bicyclic) bond motifs is 2. The van der Waals surface area contributed by atoms with E-state index in [1.165, 1.54) is 39.0 Å². The minimum Gasteiger partial charge on any atom is -0.312 e. The highest BCUT2D eigenvalue weighted by Gasteiger charge is 2.36. The zero-order chi connectivity index (χ0) is 10.3. The van der Waals surface area contributed by atoms with Gasteiger partial charge in [-0.15, -0.1) is 0 Å². The van der Waals surface area contributed by atoms with Gasteiger partial charge in [0.1, 0.15) is 0 Å². The Kier molecular flexibility index (Phi) is 2.57. The lowest BCUT2D eigenvalue weighted by molar-refractivity contribution is 0.168. The molecule has 2 fully saturated rings. The van der Waals surface area contributed by atoms with E-state index in [1.807, 2.05) is 0 Å². The highest BCUT2D eigenvalue weighted by Crippen LogP contribution is 2.43.